The fourth-order valence-electron chi connectivity index (χ4n) is 2.41. The van der Waals surface area contributed by atoms with Crippen LogP contribution in [0.4, 0.5) is 0 Å². The number of aromatic nitrogens is 2. The lowest BCUT2D eigenvalue weighted by Gasteiger charge is -2.00. The predicted octanol–water partition coefficient (Wildman–Crippen LogP) is 4.72. The molecule has 0 N–H and O–H groups in total. The van der Waals surface area contributed by atoms with E-state index in [0.717, 1.165) is 10.6 Å². The van der Waals surface area contributed by atoms with Crippen LogP contribution in [0.3, 0.4) is 0 Å². The van der Waals surface area contributed by atoms with Crippen molar-refractivity contribution in [3.63, 3.8) is 0 Å². The zero-order valence-corrected chi connectivity index (χ0v) is 14.7. The Kier molecular flexibility index (Phi) is 4.37. The topological polar surface area (TPSA) is 78.4 Å². The molecule has 0 bridgehead atoms. The zero-order chi connectivity index (χ0) is 17.9. The van der Waals surface area contributed by atoms with E-state index >= 15 is 0 Å². The first kappa shape index (κ1) is 16.3. The molecule has 4 aromatic rings. The van der Waals surface area contributed by atoms with E-state index in [4.69, 9.17) is 13.7 Å². The SMILES string of the molecule is Cc1nc(-c2ccccc2)sc1C(=O)OCc1cc(-c2ccco2)on1. The van der Waals surface area contributed by atoms with Crippen molar-refractivity contribution in [3.8, 4) is 22.1 Å². The number of benzene rings is 1. The average molecular weight is 366 g/mol. The molecule has 26 heavy (non-hydrogen) atoms. The minimum absolute atomic E-state index is 0.0149. The molecule has 0 aliphatic rings. The van der Waals surface area contributed by atoms with Crippen LogP contribution in [0.15, 0.2) is 63.7 Å². The van der Waals surface area contributed by atoms with Crippen LogP contribution in [0.2, 0.25) is 0 Å². The molecule has 0 unspecified atom stereocenters. The number of hydrogen-bond acceptors (Lipinski definition) is 7. The molecule has 0 saturated heterocycles. The maximum Gasteiger partial charge on any atom is 0.350 e. The highest BCUT2D eigenvalue weighted by Gasteiger charge is 2.18. The minimum atomic E-state index is -0.426. The van der Waals surface area contributed by atoms with Gasteiger partial charge in [-0.05, 0) is 19.1 Å². The van der Waals surface area contributed by atoms with Gasteiger partial charge in [-0.1, -0.05) is 35.5 Å². The summed E-state index contributed by atoms with van der Waals surface area (Å²) in [5.74, 6) is 0.631. The van der Waals surface area contributed by atoms with Gasteiger partial charge in [-0.3, -0.25) is 0 Å². The molecule has 4 rings (SSSR count). The quantitative estimate of drug-likeness (QED) is 0.475. The number of aryl methyl sites for hydroxylation is 1. The Morgan fingerprint density at radius 3 is 2.77 bits per heavy atom. The molecule has 0 atom stereocenters. The second kappa shape index (κ2) is 6.97. The minimum Gasteiger partial charge on any atom is -0.461 e. The third-order valence-corrected chi connectivity index (χ3v) is 4.86. The summed E-state index contributed by atoms with van der Waals surface area (Å²) in [5.41, 5.74) is 2.13. The van der Waals surface area contributed by atoms with E-state index in [1.165, 1.54) is 11.3 Å². The summed E-state index contributed by atoms with van der Waals surface area (Å²) < 4.78 is 15.8. The maximum absolute atomic E-state index is 12.4. The highest BCUT2D eigenvalue weighted by Crippen LogP contribution is 2.28. The number of thiazole rings is 1. The van der Waals surface area contributed by atoms with Crippen molar-refractivity contribution < 1.29 is 18.5 Å². The summed E-state index contributed by atoms with van der Waals surface area (Å²) in [6.07, 6.45) is 1.55. The summed E-state index contributed by atoms with van der Waals surface area (Å²) in [6.45, 7) is 1.81. The molecular weight excluding hydrogens is 352 g/mol. The van der Waals surface area contributed by atoms with Crippen LogP contribution in [-0.4, -0.2) is 16.1 Å². The normalized spacial score (nSPS) is 10.8. The number of rotatable bonds is 5. The van der Waals surface area contributed by atoms with Gasteiger partial charge in [-0.25, -0.2) is 9.78 Å². The summed E-state index contributed by atoms with van der Waals surface area (Å²) >= 11 is 1.31. The second-order valence-electron chi connectivity index (χ2n) is 5.54. The number of hydrogen-bond donors (Lipinski definition) is 0. The molecular formula is C19H14N2O4S. The largest absolute Gasteiger partial charge is 0.461 e. The van der Waals surface area contributed by atoms with Crippen LogP contribution in [0, 0.1) is 6.92 Å². The zero-order valence-electron chi connectivity index (χ0n) is 13.8. The number of esters is 1. The lowest BCUT2D eigenvalue weighted by molar-refractivity contribution is 0.0469. The van der Waals surface area contributed by atoms with E-state index in [1.54, 1.807) is 31.4 Å². The van der Waals surface area contributed by atoms with Crippen LogP contribution in [0.25, 0.3) is 22.1 Å². The van der Waals surface area contributed by atoms with Crippen molar-refractivity contribution in [2.75, 3.05) is 0 Å². The molecule has 0 aliphatic carbocycles. The van der Waals surface area contributed by atoms with Crippen LogP contribution in [-0.2, 0) is 11.3 Å². The first-order chi connectivity index (χ1) is 12.7. The molecule has 130 valence electrons. The standard InChI is InChI=1S/C19H14N2O4S/c1-12-17(26-18(20-12)13-6-3-2-4-7-13)19(22)24-11-14-10-16(25-21-14)15-8-5-9-23-15/h2-10H,11H2,1H3. The Hall–Kier alpha value is -3.19. The third kappa shape index (κ3) is 3.29. The van der Waals surface area contributed by atoms with Gasteiger partial charge in [0.15, 0.2) is 5.76 Å². The van der Waals surface area contributed by atoms with Gasteiger partial charge in [-0.2, -0.15) is 0 Å². The van der Waals surface area contributed by atoms with Crippen molar-refractivity contribution in [2.45, 2.75) is 13.5 Å². The fourth-order valence-corrected chi connectivity index (χ4v) is 3.38. The Morgan fingerprint density at radius 1 is 1.15 bits per heavy atom. The molecule has 0 aliphatic heterocycles. The summed E-state index contributed by atoms with van der Waals surface area (Å²) in [4.78, 5) is 17.3. The number of carbonyl (C=O) groups excluding carboxylic acids is 1. The molecule has 7 heteroatoms. The monoisotopic (exact) mass is 366 g/mol. The highest BCUT2D eigenvalue weighted by atomic mass is 32.1. The van der Waals surface area contributed by atoms with Crippen LogP contribution >= 0.6 is 11.3 Å². The molecule has 0 fully saturated rings. The molecule has 0 radical (unpaired) electrons. The molecule has 3 heterocycles. The number of carbonyl (C=O) groups is 1. The Balaban J connectivity index is 1.45. The van der Waals surface area contributed by atoms with Gasteiger partial charge < -0.3 is 13.7 Å². The van der Waals surface area contributed by atoms with E-state index in [-0.39, 0.29) is 6.61 Å². The second-order valence-corrected chi connectivity index (χ2v) is 6.53. The van der Waals surface area contributed by atoms with E-state index in [9.17, 15) is 4.79 Å². The van der Waals surface area contributed by atoms with Crippen molar-refractivity contribution >= 4 is 17.3 Å². The van der Waals surface area contributed by atoms with Gasteiger partial charge in [0.05, 0.1) is 12.0 Å². The Bertz CT molecular complexity index is 1020. The molecule has 6 nitrogen and oxygen atoms in total. The lowest BCUT2D eigenvalue weighted by Crippen LogP contribution is -2.05. The molecule has 0 spiro atoms. The van der Waals surface area contributed by atoms with Crippen LogP contribution in [0.5, 0.6) is 0 Å². The number of nitrogens with zero attached hydrogens (tertiary/aromatic N) is 2. The van der Waals surface area contributed by atoms with Gasteiger partial charge in [0.25, 0.3) is 0 Å². The Morgan fingerprint density at radius 2 is 2.00 bits per heavy atom. The van der Waals surface area contributed by atoms with Crippen molar-refractivity contribution in [1.82, 2.24) is 10.1 Å². The molecule has 0 amide bonds. The fraction of sp³-hybridized carbons (Fsp3) is 0.105. The first-order valence-electron chi connectivity index (χ1n) is 7.90. The van der Waals surface area contributed by atoms with Gasteiger partial charge in [-0.15, -0.1) is 11.3 Å². The smallest absolute Gasteiger partial charge is 0.350 e. The summed E-state index contributed by atoms with van der Waals surface area (Å²) in [5, 5.41) is 4.68. The van der Waals surface area contributed by atoms with E-state index in [0.29, 0.717) is 27.8 Å². The third-order valence-electron chi connectivity index (χ3n) is 3.68. The van der Waals surface area contributed by atoms with Gasteiger partial charge in [0.1, 0.15) is 22.2 Å². The highest BCUT2D eigenvalue weighted by molar-refractivity contribution is 7.17. The predicted molar refractivity (Wildman–Crippen MR) is 95.6 cm³/mol. The Labute approximate surface area is 153 Å². The average Bonchev–Trinajstić information content (AvgIpc) is 3.40. The summed E-state index contributed by atoms with van der Waals surface area (Å²) in [6, 6.07) is 14.9. The maximum atomic E-state index is 12.4. The van der Waals surface area contributed by atoms with Gasteiger partial charge >= 0.3 is 5.97 Å². The molecule has 3 aromatic heterocycles. The number of furan rings is 1. The van der Waals surface area contributed by atoms with Crippen molar-refractivity contribution in [2.24, 2.45) is 0 Å². The van der Waals surface area contributed by atoms with Gasteiger partial charge in [0, 0.05) is 11.6 Å². The van der Waals surface area contributed by atoms with E-state index in [2.05, 4.69) is 10.1 Å². The van der Waals surface area contributed by atoms with Crippen LogP contribution < -0.4 is 0 Å². The van der Waals surface area contributed by atoms with Gasteiger partial charge in [0.2, 0.25) is 5.76 Å². The van der Waals surface area contributed by atoms with Crippen LogP contribution in [0.1, 0.15) is 21.1 Å². The lowest BCUT2D eigenvalue weighted by atomic mass is 10.2. The van der Waals surface area contributed by atoms with E-state index in [1.807, 2.05) is 30.3 Å². The first-order valence-corrected chi connectivity index (χ1v) is 8.72. The molecule has 1 aromatic carbocycles. The van der Waals surface area contributed by atoms with E-state index < -0.39 is 5.97 Å². The molecule has 0 saturated carbocycles. The summed E-state index contributed by atoms with van der Waals surface area (Å²) in [7, 11) is 0. The van der Waals surface area contributed by atoms with Crippen molar-refractivity contribution in [1.29, 1.82) is 0 Å². The van der Waals surface area contributed by atoms with Crippen molar-refractivity contribution in [3.05, 3.63) is 71.1 Å². The number of ether oxygens (including phenoxy) is 1.